The van der Waals surface area contributed by atoms with Gasteiger partial charge in [0.2, 0.25) is 0 Å². The zero-order valence-electron chi connectivity index (χ0n) is 13.9. The minimum atomic E-state index is -0.800. The molecule has 0 aliphatic carbocycles. The van der Waals surface area contributed by atoms with Gasteiger partial charge in [-0.05, 0) is 13.3 Å². The lowest BCUT2D eigenvalue weighted by Crippen LogP contribution is -2.17. The van der Waals surface area contributed by atoms with Crippen LogP contribution < -0.4 is 0 Å². The maximum atomic E-state index is 10.7. The van der Waals surface area contributed by atoms with Crippen LogP contribution in [0.1, 0.15) is 84.5 Å². The van der Waals surface area contributed by atoms with Crippen LogP contribution in [0.5, 0.6) is 0 Å². The smallest absolute Gasteiger partial charge is 0.316 e. The van der Waals surface area contributed by atoms with Crippen molar-refractivity contribution in [3.8, 4) is 0 Å². The molecular weight excluding hydrogens is 284 g/mol. The number of unbranched alkanes of at least 4 members (excludes halogenated alkanes) is 9. The van der Waals surface area contributed by atoms with Crippen LogP contribution in [-0.2, 0) is 4.79 Å². The van der Waals surface area contributed by atoms with Crippen molar-refractivity contribution in [2.45, 2.75) is 95.8 Å². The predicted molar refractivity (Wildman–Crippen MR) is 92.0 cm³/mol. The Balaban J connectivity index is 3.25. The van der Waals surface area contributed by atoms with E-state index in [4.69, 9.17) is 5.11 Å². The van der Waals surface area contributed by atoms with Gasteiger partial charge in [0.15, 0.2) is 0 Å². The Morgan fingerprint density at radius 3 is 1.90 bits per heavy atom. The second kappa shape index (κ2) is 14.7. The Morgan fingerprint density at radius 2 is 1.43 bits per heavy atom. The molecule has 2 unspecified atom stereocenters. The molecule has 21 heavy (non-hydrogen) atoms. The third kappa shape index (κ3) is 14.5. The number of aliphatic hydroxyl groups excluding tert-OH is 1. The Hall–Kier alpha value is -0.220. The summed E-state index contributed by atoms with van der Waals surface area (Å²) in [6, 6.07) is 0. The van der Waals surface area contributed by atoms with Crippen molar-refractivity contribution in [2.24, 2.45) is 0 Å². The van der Waals surface area contributed by atoms with Crippen molar-refractivity contribution < 1.29 is 15.0 Å². The number of carbonyl (C=O) groups is 1. The number of carboxylic acid groups (broad SMARTS) is 1. The second-order valence-corrected chi connectivity index (χ2v) is 7.31. The standard InChI is InChI=1S/C17H34O3S/c1-3-4-5-6-7-8-9-10-11-12-13-16(18)14-21-15(2)17(19)20/h15-16,18H,3-14H2,1-2H3,(H,19,20). The highest BCUT2D eigenvalue weighted by Gasteiger charge is 2.13. The molecule has 0 rings (SSSR count). The topological polar surface area (TPSA) is 57.5 Å². The van der Waals surface area contributed by atoms with E-state index in [1.165, 1.54) is 69.5 Å². The van der Waals surface area contributed by atoms with E-state index in [0.717, 1.165) is 12.8 Å². The van der Waals surface area contributed by atoms with Crippen LogP contribution in [0.15, 0.2) is 0 Å². The lowest BCUT2D eigenvalue weighted by atomic mass is 10.1. The van der Waals surface area contributed by atoms with Crippen LogP contribution in [0.2, 0.25) is 0 Å². The van der Waals surface area contributed by atoms with Crippen molar-refractivity contribution in [1.82, 2.24) is 0 Å². The summed E-state index contributed by atoms with van der Waals surface area (Å²) in [4.78, 5) is 10.7. The minimum absolute atomic E-state index is 0.356. The van der Waals surface area contributed by atoms with E-state index in [1.807, 2.05) is 0 Å². The first-order valence-corrected chi connectivity index (χ1v) is 9.65. The van der Waals surface area contributed by atoms with Crippen LogP contribution >= 0.6 is 11.8 Å². The van der Waals surface area contributed by atoms with E-state index < -0.39 is 11.2 Å². The summed E-state index contributed by atoms with van der Waals surface area (Å²) in [7, 11) is 0. The van der Waals surface area contributed by atoms with Gasteiger partial charge in [-0.15, -0.1) is 11.8 Å². The van der Waals surface area contributed by atoms with Crippen molar-refractivity contribution in [1.29, 1.82) is 0 Å². The van der Waals surface area contributed by atoms with E-state index in [-0.39, 0.29) is 6.10 Å². The maximum Gasteiger partial charge on any atom is 0.316 e. The first kappa shape index (κ1) is 20.8. The highest BCUT2D eigenvalue weighted by Crippen LogP contribution is 2.16. The summed E-state index contributed by atoms with van der Waals surface area (Å²) >= 11 is 1.32. The molecule has 0 aliphatic rings. The van der Waals surface area contributed by atoms with Gasteiger partial charge < -0.3 is 10.2 Å². The summed E-state index contributed by atoms with van der Waals surface area (Å²) in [6.45, 7) is 3.91. The van der Waals surface area contributed by atoms with Gasteiger partial charge >= 0.3 is 5.97 Å². The predicted octanol–water partition coefficient (Wildman–Crippen LogP) is 4.86. The Labute approximate surface area is 134 Å². The lowest BCUT2D eigenvalue weighted by molar-refractivity contribution is -0.136. The molecule has 2 N–H and O–H groups in total. The van der Waals surface area contributed by atoms with Crippen LogP contribution in [-0.4, -0.2) is 33.3 Å². The van der Waals surface area contributed by atoms with Gasteiger partial charge in [-0.3, -0.25) is 4.79 Å². The van der Waals surface area contributed by atoms with Crippen molar-refractivity contribution in [3.63, 3.8) is 0 Å². The molecule has 0 aromatic rings. The number of aliphatic hydroxyl groups is 1. The van der Waals surface area contributed by atoms with E-state index in [9.17, 15) is 9.90 Å². The molecule has 0 heterocycles. The normalized spacial score (nSPS) is 14.0. The molecule has 0 radical (unpaired) electrons. The number of rotatable bonds is 15. The average molecular weight is 319 g/mol. The molecule has 4 heteroatoms. The molecule has 0 saturated heterocycles. The Morgan fingerprint density at radius 1 is 0.952 bits per heavy atom. The summed E-state index contributed by atoms with van der Waals surface area (Å²) in [5.41, 5.74) is 0. The van der Waals surface area contributed by atoms with Gasteiger partial charge in [-0.1, -0.05) is 71.1 Å². The van der Waals surface area contributed by atoms with Crippen LogP contribution in [0.4, 0.5) is 0 Å². The SMILES string of the molecule is CCCCCCCCCCCCC(O)CSC(C)C(=O)O. The lowest BCUT2D eigenvalue weighted by Gasteiger charge is -2.12. The Bertz CT molecular complexity index is 246. The maximum absolute atomic E-state index is 10.7. The largest absolute Gasteiger partial charge is 0.480 e. The molecule has 0 spiro atoms. The van der Waals surface area contributed by atoms with Gasteiger partial charge in [0, 0.05) is 5.75 Å². The summed E-state index contributed by atoms with van der Waals surface area (Å²) in [5.74, 6) is -0.267. The van der Waals surface area contributed by atoms with Crippen LogP contribution in [0.3, 0.4) is 0 Å². The second-order valence-electron chi connectivity index (χ2n) is 5.94. The molecule has 0 fully saturated rings. The van der Waals surface area contributed by atoms with Crippen molar-refractivity contribution >= 4 is 17.7 Å². The number of hydrogen-bond acceptors (Lipinski definition) is 3. The number of aliphatic carboxylic acids is 1. The molecule has 2 atom stereocenters. The monoisotopic (exact) mass is 318 g/mol. The van der Waals surface area contributed by atoms with Gasteiger partial charge in [0.1, 0.15) is 0 Å². The van der Waals surface area contributed by atoms with E-state index >= 15 is 0 Å². The third-order valence-corrected chi connectivity index (χ3v) is 5.06. The molecule has 126 valence electrons. The first-order chi connectivity index (χ1) is 10.1. The third-order valence-electron chi connectivity index (χ3n) is 3.78. The average Bonchev–Trinajstić information content (AvgIpc) is 2.46. The minimum Gasteiger partial charge on any atom is -0.480 e. The van der Waals surface area contributed by atoms with E-state index in [0.29, 0.717) is 5.75 Å². The summed E-state index contributed by atoms with van der Waals surface area (Å²) < 4.78 is 0. The van der Waals surface area contributed by atoms with E-state index in [2.05, 4.69) is 6.92 Å². The number of carboxylic acids is 1. The first-order valence-electron chi connectivity index (χ1n) is 8.60. The van der Waals surface area contributed by atoms with Gasteiger partial charge in [-0.25, -0.2) is 0 Å². The number of hydrogen-bond donors (Lipinski definition) is 2. The quantitative estimate of drug-likeness (QED) is 0.423. The van der Waals surface area contributed by atoms with Crippen molar-refractivity contribution in [3.05, 3.63) is 0 Å². The zero-order chi connectivity index (χ0) is 15.9. The fourth-order valence-electron chi connectivity index (χ4n) is 2.28. The summed E-state index contributed by atoms with van der Waals surface area (Å²) in [6.07, 6.45) is 13.4. The van der Waals surface area contributed by atoms with E-state index in [1.54, 1.807) is 6.92 Å². The molecule has 0 aromatic heterocycles. The highest BCUT2D eigenvalue weighted by atomic mass is 32.2. The molecule has 3 nitrogen and oxygen atoms in total. The Kier molecular flexibility index (Phi) is 14.6. The molecule has 0 aliphatic heterocycles. The van der Waals surface area contributed by atoms with Crippen LogP contribution in [0.25, 0.3) is 0 Å². The molecule has 0 saturated carbocycles. The molecule has 0 amide bonds. The molecular formula is C17H34O3S. The van der Waals surface area contributed by atoms with Gasteiger partial charge in [0.05, 0.1) is 11.4 Å². The van der Waals surface area contributed by atoms with Gasteiger partial charge in [0.25, 0.3) is 0 Å². The number of thioether (sulfide) groups is 1. The fraction of sp³-hybridized carbons (Fsp3) is 0.941. The van der Waals surface area contributed by atoms with Crippen LogP contribution in [0, 0.1) is 0 Å². The fourth-order valence-corrected chi connectivity index (χ4v) is 3.10. The highest BCUT2D eigenvalue weighted by molar-refractivity contribution is 8.00. The molecule has 0 aromatic carbocycles. The van der Waals surface area contributed by atoms with Gasteiger partial charge in [-0.2, -0.15) is 0 Å². The van der Waals surface area contributed by atoms with Crippen molar-refractivity contribution in [2.75, 3.05) is 5.75 Å². The zero-order valence-corrected chi connectivity index (χ0v) is 14.7. The summed E-state index contributed by atoms with van der Waals surface area (Å²) in [5, 5.41) is 18.1. The molecule has 0 bridgehead atoms.